The van der Waals surface area contributed by atoms with Gasteiger partial charge in [-0.05, 0) is 73.4 Å². The number of aromatic nitrogens is 2. The van der Waals surface area contributed by atoms with Crippen LogP contribution in [0, 0.1) is 24.5 Å². The predicted molar refractivity (Wildman–Crippen MR) is 192 cm³/mol. The topological polar surface area (TPSA) is 35.0 Å². The van der Waals surface area contributed by atoms with Crippen molar-refractivity contribution >= 4 is 53.6 Å². The summed E-state index contributed by atoms with van der Waals surface area (Å²) in [5, 5.41) is 5.09. The van der Waals surface area contributed by atoms with Crippen LogP contribution in [-0.2, 0) is 32.9 Å². The van der Waals surface area contributed by atoms with Crippen molar-refractivity contribution in [3.63, 3.8) is 0 Å². The van der Waals surface area contributed by atoms with Crippen LogP contribution in [0.15, 0.2) is 79.1 Å². The minimum absolute atomic E-state index is 0. The molecule has 4 aromatic heterocycles. The summed E-state index contributed by atoms with van der Waals surface area (Å²) >= 11 is 3.49. The fourth-order valence-corrected chi connectivity index (χ4v) is 8.13. The first-order valence-electron chi connectivity index (χ1n) is 15.4. The first-order chi connectivity index (χ1) is 21.4. The van der Waals surface area contributed by atoms with Gasteiger partial charge in [0.25, 0.3) is 0 Å². The van der Waals surface area contributed by atoms with E-state index in [0.717, 1.165) is 33.1 Å². The number of thiophene rings is 2. The molecule has 46 heavy (non-hydrogen) atoms. The average Bonchev–Trinajstić information content (AvgIpc) is 3.56. The van der Waals surface area contributed by atoms with Crippen LogP contribution in [0.1, 0.15) is 57.5 Å². The molecule has 0 aliphatic rings. The number of benzene rings is 3. The molecule has 0 amide bonds. The van der Waals surface area contributed by atoms with Gasteiger partial charge in [-0.2, -0.15) is 0 Å². The second-order valence-corrected chi connectivity index (χ2v) is 16.3. The molecule has 0 spiro atoms. The number of hydrogen-bond acceptors (Lipinski definition) is 5. The smallest absolute Gasteiger partial charge is 0.502 e. The van der Waals surface area contributed by atoms with Gasteiger partial charge >= 0.3 is 21.1 Å². The monoisotopic (exact) mass is 819 g/mol. The molecule has 7 rings (SSSR count). The van der Waals surface area contributed by atoms with Crippen molar-refractivity contribution in [3.8, 4) is 33.3 Å². The van der Waals surface area contributed by atoms with Gasteiger partial charge in [0.1, 0.15) is 0 Å². The van der Waals surface area contributed by atoms with Gasteiger partial charge in [0, 0.05) is 33.3 Å². The van der Waals surface area contributed by atoms with E-state index in [9.17, 15) is 0 Å². The standard InChI is InChI=1S/C40H36N2OS2.Pt/c1-24-34(43-29-10-8-9-27(20-29)33-21-28(15-17-41-33)40(5,6)7)22-35(44-24)36-38-32(16-18-42-36)31-14-12-26-19-25(23-39(2,3)4)11-13-30(26)37(31)45-38;/h8-19,21H,23H2,1-7H3;/q-2;+2. The van der Waals surface area contributed by atoms with Gasteiger partial charge in [0.15, 0.2) is 0 Å². The number of ether oxygens (including phenoxy) is 1. The maximum Gasteiger partial charge on any atom is 2.00 e. The minimum atomic E-state index is 0. The van der Waals surface area contributed by atoms with Crippen LogP contribution >= 0.6 is 22.7 Å². The zero-order valence-corrected chi connectivity index (χ0v) is 31.1. The molecule has 0 bridgehead atoms. The van der Waals surface area contributed by atoms with Gasteiger partial charge in [0.05, 0.1) is 0 Å². The quantitative estimate of drug-likeness (QED) is 0.162. The van der Waals surface area contributed by atoms with Crippen molar-refractivity contribution in [2.75, 3.05) is 0 Å². The van der Waals surface area contributed by atoms with Crippen LogP contribution in [0.3, 0.4) is 0 Å². The molecule has 3 nitrogen and oxygen atoms in total. The summed E-state index contributed by atoms with van der Waals surface area (Å²) in [6.45, 7) is 15.6. The Labute approximate surface area is 294 Å². The second-order valence-electron chi connectivity index (χ2n) is 14.0. The molecule has 6 heteroatoms. The van der Waals surface area contributed by atoms with E-state index in [4.69, 9.17) is 9.72 Å². The van der Waals surface area contributed by atoms with Crippen LogP contribution in [0.2, 0.25) is 0 Å². The molecule has 4 heterocycles. The molecule has 0 radical (unpaired) electrons. The Morgan fingerprint density at radius 2 is 1.52 bits per heavy atom. The largest absolute Gasteiger partial charge is 2.00 e. The number of pyridine rings is 2. The number of rotatable bonds is 5. The van der Waals surface area contributed by atoms with Crippen LogP contribution in [-0.4, -0.2) is 9.97 Å². The number of nitrogens with zero attached hydrogens (tertiary/aromatic N) is 2. The molecule has 7 aromatic rings. The van der Waals surface area contributed by atoms with Gasteiger partial charge < -0.3 is 14.7 Å². The molecule has 234 valence electrons. The van der Waals surface area contributed by atoms with Gasteiger partial charge in [-0.3, -0.25) is 0 Å². The zero-order chi connectivity index (χ0) is 31.5. The van der Waals surface area contributed by atoms with Gasteiger partial charge in [-0.1, -0.05) is 101 Å². The summed E-state index contributed by atoms with van der Waals surface area (Å²) in [6.07, 6.45) is 4.84. The molecule has 0 fully saturated rings. The molecule has 0 aliphatic carbocycles. The predicted octanol–water partition coefficient (Wildman–Crippen LogP) is 12.0. The number of hydrogen-bond donors (Lipinski definition) is 0. The second kappa shape index (κ2) is 12.3. The summed E-state index contributed by atoms with van der Waals surface area (Å²) in [5.74, 6) is 1.35. The Morgan fingerprint density at radius 3 is 2.30 bits per heavy atom. The molecular weight excluding hydrogens is 784 g/mol. The van der Waals surface area contributed by atoms with E-state index < -0.39 is 0 Å². The molecule has 0 saturated heterocycles. The maximum absolute atomic E-state index is 6.39. The van der Waals surface area contributed by atoms with Crippen molar-refractivity contribution in [3.05, 3.63) is 107 Å². The summed E-state index contributed by atoms with van der Waals surface area (Å²) < 4.78 is 8.88. The summed E-state index contributed by atoms with van der Waals surface area (Å²) in [7, 11) is 0. The number of fused-ring (bicyclic) bond motifs is 5. The maximum atomic E-state index is 6.39. The van der Waals surface area contributed by atoms with Gasteiger partial charge in [-0.15, -0.1) is 41.2 Å². The van der Waals surface area contributed by atoms with E-state index >= 15 is 0 Å². The number of aryl methyl sites for hydroxylation is 1. The van der Waals surface area contributed by atoms with Crippen LogP contribution in [0.4, 0.5) is 0 Å². The molecule has 0 unspecified atom stereocenters. The summed E-state index contributed by atoms with van der Waals surface area (Å²) in [5.41, 5.74) is 5.66. The Balaban J connectivity index is 0.00000372. The normalized spacial score (nSPS) is 12.2. The van der Waals surface area contributed by atoms with E-state index in [0.29, 0.717) is 11.5 Å². The fraction of sp³-hybridized carbons (Fsp3) is 0.250. The Kier molecular flexibility index (Phi) is 8.73. The van der Waals surface area contributed by atoms with Gasteiger partial charge in [-0.25, -0.2) is 11.3 Å². The fourth-order valence-electron chi connectivity index (χ4n) is 5.85. The van der Waals surface area contributed by atoms with Crippen molar-refractivity contribution < 1.29 is 25.8 Å². The van der Waals surface area contributed by atoms with Crippen molar-refractivity contribution in [2.24, 2.45) is 5.41 Å². The Hall–Kier alpha value is -3.37. The van der Waals surface area contributed by atoms with E-state index in [-0.39, 0.29) is 31.9 Å². The molecule has 3 aromatic carbocycles. The van der Waals surface area contributed by atoms with Gasteiger partial charge in [0.2, 0.25) is 0 Å². The zero-order valence-electron chi connectivity index (χ0n) is 27.1. The van der Waals surface area contributed by atoms with E-state index in [1.54, 1.807) is 11.3 Å². The molecule has 0 atom stereocenters. The van der Waals surface area contributed by atoms with E-state index in [1.165, 1.54) is 42.1 Å². The SMILES string of the molecule is Cc1sc(-c2nccc3c2sc2c4ccc(CC(C)(C)C)cc4ccc32)[c-]c1Oc1[c-]c(-c2cc(C(C)(C)C)ccn2)ccc1.[Pt+2]. The molecule has 0 saturated carbocycles. The van der Waals surface area contributed by atoms with Crippen LogP contribution < -0.4 is 4.74 Å². The minimum Gasteiger partial charge on any atom is -0.502 e. The molecular formula is C40H36N2OPtS2. The summed E-state index contributed by atoms with van der Waals surface area (Å²) in [6, 6.07) is 30.8. The third kappa shape index (κ3) is 6.43. The third-order valence-electron chi connectivity index (χ3n) is 8.07. The first-order valence-corrected chi connectivity index (χ1v) is 17.0. The first kappa shape index (κ1) is 32.6. The average molecular weight is 820 g/mol. The van der Waals surface area contributed by atoms with Crippen LogP contribution in [0.25, 0.3) is 52.8 Å². The Bertz CT molecular complexity index is 2220. The van der Waals surface area contributed by atoms with Crippen LogP contribution in [0.5, 0.6) is 11.5 Å². The molecule has 0 N–H and O–H groups in total. The third-order valence-corrected chi connectivity index (χ3v) is 10.3. The van der Waals surface area contributed by atoms with E-state index in [2.05, 4.69) is 114 Å². The Morgan fingerprint density at radius 1 is 0.761 bits per heavy atom. The van der Waals surface area contributed by atoms with Crippen molar-refractivity contribution in [2.45, 2.75) is 60.3 Å². The van der Waals surface area contributed by atoms with E-state index in [1.807, 2.05) is 41.9 Å². The van der Waals surface area contributed by atoms with Crippen molar-refractivity contribution in [1.29, 1.82) is 0 Å². The summed E-state index contributed by atoms with van der Waals surface area (Å²) in [4.78, 5) is 11.5. The van der Waals surface area contributed by atoms with Crippen molar-refractivity contribution in [1.82, 2.24) is 9.97 Å². The molecule has 0 aliphatic heterocycles.